The number of aliphatic hydroxyl groups excluding tert-OH is 1. The van der Waals surface area contributed by atoms with Gasteiger partial charge in [0.1, 0.15) is 5.75 Å². The van der Waals surface area contributed by atoms with Gasteiger partial charge in [0, 0.05) is 6.42 Å². The molecular weight excluding hydrogens is 212 g/mol. The first-order valence-corrected chi connectivity index (χ1v) is 6.41. The van der Waals surface area contributed by atoms with E-state index in [0.717, 1.165) is 18.6 Å². The molecule has 0 aliphatic heterocycles. The first-order chi connectivity index (χ1) is 8.36. The summed E-state index contributed by atoms with van der Waals surface area (Å²) in [7, 11) is 0. The van der Waals surface area contributed by atoms with Crippen LogP contribution in [0.4, 0.5) is 0 Å². The summed E-state index contributed by atoms with van der Waals surface area (Å²) in [5.41, 5.74) is 1.20. The molecule has 1 aromatic carbocycles. The van der Waals surface area contributed by atoms with Crippen molar-refractivity contribution in [3.63, 3.8) is 0 Å². The lowest BCUT2D eigenvalue weighted by molar-refractivity contribution is 0.163. The summed E-state index contributed by atoms with van der Waals surface area (Å²) in [6.45, 7) is 0.572. The zero-order valence-corrected chi connectivity index (χ0v) is 10.1. The molecule has 1 aliphatic rings. The van der Waals surface area contributed by atoms with Gasteiger partial charge in [-0.2, -0.15) is 0 Å². The lowest BCUT2D eigenvalue weighted by atomic mass is 9.94. The zero-order valence-electron chi connectivity index (χ0n) is 10.1. The fourth-order valence-electron chi connectivity index (χ4n) is 2.16. The summed E-state index contributed by atoms with van der Waals surface area (Å²) in [5.74, 6) is 0.873. The average molecular weight is 232 g/mol. The molecule has 0 heterocycles. The molecule has 1 unspecified atom stereocenters. The van der Waals surface area contributed by atoms with Crippen LogP contribution in [0.3, 0.4) is 0 Å². The van der Waals surface area contributed by atoms with Crippen LogP contribution in [-0.2, 0) is 0 Å². The van der Waals surface area contributed by atoms with Crippen molar-refractivity contribution in [1.29, 1.82) is 0 Å². The van der Waals surface area contributed by atoms with Gasteiger partial charge in [-0.3, -0.25) is 0 Å². The lowest BCUT2D eigenvalue weighted by Gasteiger charge is -2.18. The first-order valence-electron chi connectivity index (χ1n) is 6.41. The maximum Gasteiger partial charge on any atom is 0.119 e. The van der Waals surface area contributed by atoms with Crippen LogP contribution in [0.15, 0.2) is 42.0 Å². The number of ether oxygens (including phenoxy) is 1. The topological polar surface area (TPSA) is 29.5 Å². The summed E-state index contributed by atoms with van der Waals surface area (Å²) in [4.78, 5) is 0. The van der Waals surface area contributed by atoms with Crippen LogP contribution in [-0.4, -0.2) is 17.8 Å². The van der Waals surface area contributed by atoms with Gasteiger partial charge in [-0.1, -0.05) is 24.3 Å². The Bertz CT molecular complexity index is 356. The van der Waals surface area contributed by atoms with Crippen molar-refractivity contribution in [3.8, 4) is 5.75 Å². The van der Waals surface area contributed by atoms with Gasteiger partial charge in [0.05, 0.1) is 12.7 Å². The van der Waals surface area contributed by atoms with E-state index in [1.165, 1.54) is 18.4 Å². The maximum absolute atomic E-state index is 10.0. The Kier molecular flexibility index (Phi) is 4.63. The number of allylic oxidation sites excluding steroid dienone is 1. The minimum absolute atomic E-state index is 0.320. The number of aliphatic hydroxyl groups is 1. The third kappa shape index (κ3) is 3.90. The lowest BCUT2D eigenvalue weighted by Crippen LogP contribution is -2.16. The summed E-state index contributed by atoms with van der Waals surface area (Å²) in [6, 6.07) is 9.75. The second-order valence-corrected chi connectivity index (χ2v) is 4.49. The van der Waals surface area contributed by atoms with Crippen LogP contribution < -0.4 is 4.74 Å². The Hall–Kier alpha value is -1.28. The number of benzene rings is 1. The number of rotatable bonds is 5. The fourth-order valence-corrected chi connectivity index (χ4v) is 2.16. The van der Waals surface area contributed by atoms with E-state index >= 15 is 0 Å². The minimum Gasteiger partial charge on any atom is -0.493 e. The summed E-state index contributed by atoms with van der Waals surface area (Å²) < 4.78 is 5.58. The monoisotopic (exact) mass is 232 g/mol. The second-order valence-electron chi connectivity index (χ2n) is 4.49. The fraction of sp³-hybridized carbons (Fsp3) is 0.467. The average Bonchev–Trinajstić information content (AvgIpc) is 2.41. The number of hydrogen-bond donors (Lipinski definition) is 1. The molecule has 1 aliphatic carbocycles. The van der Waals surface area contributed by atoms with Crippen molar-refractivity contribution in [2.45, 2.75) is 38.2 Å². The Morgan fingerprint density at radius 2 is 2.00 bits per heavy atom. The summed E-state index contributed by atoms with van der Waals surface area (Å²) in [5, 5.41) is 10.0. The van der Waals surface area contributed by atoms with Gasteiger partial charge in [0.15, 0.2) is 0 Å². The molecule has 0 amide bonds. The molecular formula is C15H20O2. The molecule has 0 saturated carbocycles. The summed E-state index contributed by atoms with van der Waals surface area (Å²) in [6.07, 6.45) is 7.19. The van der Waals surface area contributed by atoms with Crippen LogP contribution in [0.5, 0.6) is 5.75 Å². The normalized spacial score (nSPS) is 17.4. The van der Waals surface area contributed by atoms with Crippen LogP contribution in [0, 0.1) is 0 Å². The van der Waals surface area contributed by atoms with E-state index in [1.54, 1.807) is 0 Å². The van der Waals surface area contributed by atoms with Gasteiger partial charge in [-0.05, 0) is 43.4 Å². The minimum atomic E-state index is -0.320. The Morgan fingerprint density at radius 3 is 2.71 bits per heavy atom. The highest BCUT2D eigenvalue weighted by Gasteiger charge is 2.13. The highest BCUT2D eigenvalue weighted by molar-refractivity contribution is 5.21. The van der Waals surface area contributed by atoms with Crippen molar-refractivity contribution < 1.29 is 9.84 Å². The molecule has 0 spiro atoms. The zero-order chi connectivity index (χ0) is 11.9. The van der Waals surface area contributed by atoms with Crippen molar-refractivity contribution in [1.82, 2.24) is 0 Å². The second kappa shape index (κ2) is 6.45. The van der Waals surface area contributed by atoms with E-state index in [2.05, 4.69) is 6.08 Å². The molecule has 1 aromatic rings. The van der Waals surface area contributed by atoms with E-state index in [9.17, 15) is 5.11 Å². The highest BCUT2D eigenvalue weighted by atomic mass is 16.5. The van der Waals surface area contributed by atoms with E-state index in [4.69, 9.17) is 4.74 Å². The highest BCUT2D eigenvalue weighted by Crippen LogP contribution is 2.22. The van der Waals surface area contributed by atoms with Crippen molar-refractivity contribution in [2.75, 3.05) is 6.61 Å². The van der Waals surface area contributed by atoms with Gasteiger partial charge < -0.3 is 9.84 Å². The van der Waals surface area contributed by atoms with Crippen LogP contribution in [0.2, 0.25) is 0 Å². The van der Waals surface area contributed by atoms with Crippen molar-refractivity contribution >= 4 is 0 Å². The van der Waals surface area contributed by atoms with E-state index < -0.39 is 0 Å². The van der Waals surface area contributed by atoms with E-state index in [-0.39, 0.29) is 6.10 Å². The predicted octanol–water partition coefficient (Wildman–Crippen LogP) is 3.32. The smallest absolute Gasteiger partial charge is 0.119 e. The van der Waals surface area contributed by atoms with Gasteiger partial charge in [0.2, 0.25) is 0 Å². The third-order valence-corrected chi connectivity index (χ3v) is 3.16. The Balaban J connectivity index is 1.73. The van der Waals surface area contributed by atoms with Crippen LogP contribution in [0.1, 0.15) is 32.1 Å². The molecule has 1 N–H and O–H groups in total. The largest absolute Gasteiger partial charge is 0.493 e. The van der Waals surface area contributed by atoms with Gasteiger partial charge in [-0.25, -0.2) is 0 Å². The van der Waals surface area contributed by atoms with E-state index in [1.807, 2.05) is 30.3 Å². The standard InChI is InChI=1S/C15H20O2/c16-15(13-7-3-1-4-8-13)11-12-17-14-9-5-2-6-10-14/h2,5-7,9-10,15-16H,1,3-4,8,11-12H2. The van der Waals surface area contributed by atoms with Gasteiger partial charge >= 0.3 is 0 Å². The van der Waals surface area contributed by atoms with Crippen LogP contribution >= 0.6 is 0 Å². The maximum atomic E-state index is 10.0. The third-order valence-electron chi connectivity index (χ3n) is 3.16. The molecule has 92 valence electrons. The number of hydrogen-bond acceptors (Lipinski definition) is 2. The Morgan fingerprint density at radius 1 is 1.18 bits per heavy atom. The van der Waals surface area contributed by atoms with Crippen molar-refractivity contribution in [2.24, 2.45) is 0 Å². The first kappa shape index (κ1) is 12.2. The SMILES string of the molecule is OC(CCOc1ccccc1)C1=CCCCC1. The molecule has 0 radical (unpaired) electrons. The van der Waals surface area contributed by atoms with Gasteiger partial charge in [0.25, 0.3) is 0 Å². The molecule has 2 rings (SSSR count). The molecule has 0 aromatic heterocycles. The molecule has 2 nitrogen and oxygen atoms in total. The Labute approximate surface area is 103 Å². The molecule has 0 saturated heterocycles. The van der Waals surface area contributed by atoms with Gasteiger partial charge in [-0.15, -0.1) is 0 Å². The quantitative estimate of drug-likeness (QED) is 0.789. The van der Waals surface area contributed by atoms with Crippen molar-refractivity contribution in [3.05, 3.63) is 42.0 Å². The molecule has 0 bridgehead atoms. The molecule has 2 heteroatoms. The van der Waals surface area contributed by atoms with E-state index in [0.29, 0.717) is 13.0 Å². The predicted molar refractivity (Wildman–Crippen MR) is 69.1 cm³/mol. The number of para-hydroxylation sites is 1. The molecule has 1 atom stereocenters. The van der Waals surface area contributed by atoms with Crippen LogP contribution in [0.25, 0.3) is 0 Å². The molecule has 17 heavy (non-hydrogen) atoms. The summed E-state index contributed by atoms with van der Waals surface area (Å²) >= 11 is 0. The molecule has 0 fully saturated rings.